The van der Waals surface area contributed by atoms with Crippen LogP contribution in [0.5, 0.6) is 5.75 Å². The van der Waals surface area contributed by atoms with Crippen LogP contribution in [-0.4, -0.2) is 37.6 Å². The Balaban J connectivity index is 1.39. The van der Waals surface area contributed by atoms with Crippen LogP contribution in [0.25, 0.3) is 0 Å². The Morgan fingerprint density at radius 1 is 1.04 bits per heavy atom. The molecular weight excluding hydrogens is 326 g/mol. The van der Waals surface area contributed by atoms with Gasteiger partial charge in [0.05, 0.1) is 12.6 Å². The summed E-state index contributed by atoms with van der Waals surface area (Å²) in [6.07, 6.45) is 10.0. The molecule has 26 heavy (non-hydrogen) atoms. The van der Waals surface area contributed by atoms with Gasteiger partial charge in [-0.25, -0.2) is 4.98 Å². The summed E-state index contributed by atoms with van der Waals surface area (Å²) in [4.78, 5) is 15.3. The quantitative estimate of drug-likeness (QED) is 0.685. The first-order valence-electron chi connectivity index (χ1n) is 9.01. The van der Waals surface area contributed by atoms with Gasteiger partial charge < -0.3 is 9.30 Å². The number of hydrogen-bond acceptors (Lipinski definition) is 5. The van der Waals surface area contributed by atoms with Gasteiger partial charge in [-0.15, -0.1) is 0 Å². The molecule has 0 saturated heterocycles. The van der Waals surface area contributed by atoms with Crippen LogP contribution in [0.2, 0.25) is 0 Å². The molecule has 1 unspecified atom stereocenters. The molecule has 6 nitrogen and oxygen atoms in total. The molecule has 4 rings (SSSR count). The van der Waals surface area contributed by atoms with E-state index in [9.17, 15) is 0 Å². The van der Waals surface area contributed by atoms with E-state index in [0.717, 1.165) is 37.6 Å². The summed E-state index contributed by atoms with van der Waals surface area (Å²) in [5, 5.41) is 0. The van der Waals surface area contributed by atoms with E-state index in [-0.39, 0.29) is 0 Å². The van der Waals surface area contributed by atoms with Crippen molar-refractivity contribution in [3.05, 3.63) is 72.3 Å². The molecule has 0 spiro atoms. The Hall–Kier alpha value is -2.73. The number of aromatic nitrogens is 4. The molecule has 0 aliphatic carbocycles. The number of imidazole rings is 1. The highest BCUT2D eigenvalue weighted by atomic mass is 16.5. The molecule has 1 aliphatic rings. The van der Waals surface area contributed by atoms with E-state index in [1.54, 1.807) is 12.4 Å². The fourth-order valence-corrected chi connectivity index (χ4v) is 3.45. The number of ether oxygens (including phenoxy) is 1. The first-order valence-corrected chi connectivity index (χ1v) is 9.01. The molecule has 0 amide bonds. The normalized spacial score (nSPS) is 17.0. The van der Waals surface area contributed by atoms with E-state index >= 15 is 0 Å². The molecule has 1 atom stereocenters. The van der Waals surface area contributed by atoms with Crippen molar-refractivity contribution in [1.82, 2.24) is 24.4 Å². The lowest BCUT2D eigenvalue weighted by Crippen LogP contribution is -2.37. The van der Waals surface area contributed by atoms with Crippen LogP contribution in [-0.2, 0) is 19.5 Å². The minimum absolute atomic E-state index is 0.298. The predicted octanol–water partition coefficient (Wildman–Crippen LogP) is 2.87. The van der Waals surface area contributed by atoms with Crippen molar-refractivity contribution < 1.29 is 4.74 Å². The van der Waals surface area contributed by atoms with Crippen LogP contribution in [0.1, 0.15) is 30.0 Å². The molecule has 0 N–H and O–H groups in total. The monoisotopic (exact) mass is 349 g/mol. The second kappa shape index (κ2) is 7.66. The maximum Gasteiger partial charge on any atom is 0.126 e. The number of pyridine rings is 2. The van der Waals surface area contributed by atoms with E-state index < -0.39 is 0 Å². The van der Waals surface area contributed by atoms with Crippen molar-refractivity contribution in [2.24, 2.45) is 0 Å². The number of rotatable bonds is 6. The second-order valence-corrected chi connectivity index (χ2v) is 6.54. The zero-order valence-corrected chi connectivity index (χ0v) is 15.0. The van der Waals surface area contributed by atoms with Gasteiger partial charge in [-0.3, -0.25) is 14.9 Å². The van der Waals surface area contributed by atoms with E-state index in [2.05, 4.69) is 38.5 Å². The second-order valence-electron chi connectivity index (χ2n) is 6.54. The Bertz CT molecular complexity index is 834. The third-order valence-electron chi connectivity index (χ3n) is 4.91. The van der Waals surface area contributed by atoms with Gasteiger partial charge in [0.15, 0.2) is 0 Å². The van der Waals surface area contributed by atoms with Crippen LogP contribution in [0, 0.1) is 0 Å². The van der Waals surface area contributed by atoms with Crippen molar-refractivity contribution in [3.8, 4) is 5.75 Å². The highest BCUT2D eigenvalue weighted by molar-refractivity contribution is 5.17. The maximum absolute atomic E-state index is 5.80. The van der Waals surface area contributed by atoms with Gasteiger partial charge in [0.25, 0.3) is 0 Å². The van der Waals surface area contributed by atoms with E-state index in [0.29, 0.717) is 12.6 Å². The van der Waals surface area contributed by atoms with Gasteiger partial charge >= 0.3 is 0 Å². The minimum atomic E-state index is 0.298. The van der Waals surface area contributed by atoms with Crippen LogP contribution in [0.15, 0.2) is 55.2 Å². The fraction of sp³-hybridized carbons (Fsp3) is 0.350. The summed E-state index contributed by atoms with van der Waals surface area (Å²) in [5.41, 5.74) is 2.53. The molecule has 0 aromatic carbocycles. The molecule has 6 heteroatoms. The average Bonchev–Trinajstić information content (AvgIpc) is 3.10. The summed E-state index contributed by atoms with van der Waals surface area (Å²) in [5.74, 6) is 2.00. The van der Waals surface area contributed by atoms with Crippen LogP contribution >= 0.6 is 0 Å². The number of hydrogen-bond donors (Lipinski definition) is 0. The van der Waals surface area contributed by atoms with Crippen LogP contribution in [0.3, 0.4) is 0 Å². The smallest absolute Gasteiger partial charge is 0.126 e. The zero-order valence-electron chi connectivity index (χ0n) is 15.0. The topological polar surface area (TPSA) is 56.1 Å². The van der Waals surface area contributed by atoms with Gasteiger partial charge in [0.1, 0.15) is 11.6 Å². The number of fused-ring (bicyclic) bond motifs is 1. The van der Waals surface area contributed by atoms with Crippen molar-refractivity contribution in [2.45, 2.75) is 32.5 Å². The molecule has 1 aliphatic heterocycles. The highest BCUT2D eigenvalue weighted by Crippen LogP contribution is 2.27. The van der Waals surface area contributed by atoms with Crippen molar-refractivity contribution in [3.63, 3.8) is 0 Å². The molecule has 0 bridgehead atoms. The molecule has 134 valence electrons. The summed E-state index contributed by atoms with van der Waals surface area (Å²) in [6.45, 7) is 5.79. The Morgan fingerprint density at radius 2 is 1.77 bits per heavy atom. The molecular formula is C20H23N5O. The van der Waals surface area contributed by atoms with Gasteiger partial charge in [-0.2, -0.15) is 0 Å². The molecule has 3 aromatic heterocycles. The van der Waals surface area contributed by atoms with Crippen LogP contribution in [0.4, 0.5) is 0 Å². The average molecular weight is 349 g/mol. The minimum Gasteiger partial charge on any atom is -0.493 e. The lowest BCUT2D eigenvalue weighted by atomic mass is 10.1. The third kappa shape index (κ3) is 3.60. The number of nitrogens with zero attached hydrogens (tertiary/aromatic N) is 5. The first kappa shape index (κ1) is 16.7. The summed E-state index contributed by atoms with van der Waals surface area (Å²) < 4.78 is 8.15. The van der Waals surface area contributed by atoms with Gasteiger partial charge in [-0.05, 0) is 36.8 Å². The lowest BCUT2D eigenvalue weighted by molar-refractivity contribution is 0.154. The van der Waals surface area contributed by atoms with Crippen molar-refractivity contribution >= 4 is 0 Å². The predicted molar refractivity (Wildman–Crippen MR) is 98.7 cm³/mol. The maximum atomic E-state index is 5.80. The van der Waals surface area contributed by atoms with Crippen molar-refractivity contribution in [1.29, 1.82) is 0 Å². The van der Waals surface area contributed by atoms with Gasteiger partial charge in [0.2, 0.25) is 0 Å². The molecule has 0 saturated carbocycles. The van der Waals surface area contributed by atoms with Crippen LogP contribution < -0.4 is 4.74 Å². The Morgan fingerprint density at radius 3 is 2.54 bits per heavy atom. The van der Waals surface area contributed by atoms with Crippen molar-refractivity contribution in [2.75, 3.05) is 13.2 Å². The summed E-state index contributed by atoms with van der Waals surface area (Å²) in [6, 6.07) is 8.22. The van der Waals surface area contributed by atoms with E-state index in [1.165, 1.54) is 11.3 Å². The molecule has 0 radical (unpaired) electrons. The Labute approximate surface area is 153 Å². The first-order chi connectivity index (χ1) is 12.8. The zero-order chi connectivity index (χ0) is 17.8. The third-order valence-corrected chi connectivity index (χ3v) is 4.91. The fourth-order valence-electron chi connectivity index (χ4n) is 3.45. The molecule has 4 heterocycles. The SMILES string of the molecule is CC1c2ncc(CCOc3ccncc3)n2CCN1Cc1ccncc1. The highest BCUT2D eigenvalue weighted by Gasteiger charge is 2.26. The summed E-state index contributed by atoms with van der Waals surface area (Å²) in [7, 11) is 0. The Kier molecular flexibility index (Phi) is 4.93. The lowest BCUT2D eigenvalue weighted by Gasteiger charge is -2.34. The van der Waals surface area contributed by atoms with Gasteiger partial charge in [0, 0.05) is 62.7 Å². The van der Waals surface area contributed by atoms with E-state index in [1.807, 2.05) is 30.7 Å². The van der Waals surface area contributed by atoms with E-state index in [4.69, 9.17) is 9.72 Å². The summed E-state index contributed by atoms with van der Waals surface area (Å²) >= 11 is 0. The molecule has 0 fully saturated rings. The standard InChI is InChI=1S/C20H23N5O/c1-16-20-23-14-18(6-13-26-19-4-9-22-10-5-19)25(20)12-11-24(16)15-17-2-7-21-8-3-17/h2-5,7-10,14,16H,6,11-13,15H2,1H3. The largest absolute Gasteiger partial charge is 0.493 e. The molecule has 3 aromatic rings. The van der Waals surface area contributed by atoms with Gasteiger partial charge in [-0.1, -0.05) is 0 Å².